The normalized spacial score (nSPS) is 50.5. The third-order valence-electron chi connectivity index (χ3n) is 8.29. The van der Waals surface area contributed by atoms with E-state index in [0.29, 0.717) is 0 Å². The Bertz CT molecular complexity index is 184. The predicted octanol–water partition coefficient (Wildman–Crippen LogP) is 6.36. The topological polar surface area (TPSA) is 0 Å². The van der Waals surface area contributed by atoms with Crippen LogP contribution in [-0.2, 0) is 39.0 Å². The van der Waals surface area contributed by atoms with Crippen molar-refractivity contribution in [3.8, 4) is 0 Å². The molecule has 2 heteroatoms. The molecule has 0 aromatic rings. The van der Waals surface area contributed by atoms with Crippen molar-refractivity contribution in [2.45, 2.75) is 69.2 Å². The fourth-order valence-electron chi connectivity index (χ4n) is 4.79. The first-order chi connectivity index (χ1) is 9.11. The monoisotopic (exact) mass is 408 g/mol. The molecule has 22 heavy (non-hydrogen) atoms. The Balaban J connectivity index is 0. The SMILES string of the molecule is CC1C(C)C(C)C(C)C1C.CC1C(C)C(C)C(C)C1C.[Zn].[Zn]. The molecule has 0 saturated heterocycles. The summed E-state index contributed by atoms with van der Waals surface area (Å²) in [6, 6.07) is 0. The van der Waals surface area contributed by atoms with E-state index >= 15 is 0 Å². The van der Waals surface area contributed by atoms with Crippen molar-refractivity contribution in [2.24, 2.45) is 59.2 Å². The molecule has 124 valence electrons. The molecule has 0 atom stereocenters. The van der Waals surface area contributed by atoms with Crippen molar-refractivity contribution in [3.05, 3.63) is 0 Å². The summed E-state index contributed by atoms with van der Waals surface area (Å²) in [7, 11) is 0. The van der Waals surface area contributed by atoms with Gasteiger partial charge in [0.15, 0.2) is 0 Å². The largest absolute Gasteiger partial charge is 0.0620 e. The third kappa shape index (κ3) is 5.12. The third-order valence-corrected chi connectivity index (χ3v) is 8.29. The van der Waals surface area contributed by atoms with E-state index in [1.807, 2.05) is 0 Å². The van der Waals surface area contributed by atoms with Crippen LogP contribution in [0.2, 0.25) is 0 Å². The smallest absolute Gasteiger partial charge is 0 e. The molecule has 0 aliphatic heterocycles. The summed E-state index contributed by atoms with van der Waals surface area (Å²) in [5, 5.41) is 0. The molecule has 0 amide bonds. The van der Waals surface area contributed by atoms with Crippen molar-refractivity contribution in [2.75, 3.05) is 0 Å². The van der Waals surface area contributed by atoms with Crippen LogP contribution in [0.25, 0.3) is 0 Å². The molecule has 0 bridgehead atoms. The second kappa shape index (κ2) is 10.3. The molecule has 0 nitrogen and oxygen atoms in total. The van der Waals surface area contributed by atoms with Crippen LogP contribution in [0, 0.1) is 59.2 Å². The molecule has 0 unspecified atom stereocenters. The van der Waals surface area contributed by atoms with Gasteiger partial charge in [0, 0.05) is 39.0 Å². The Hall–Kier alpha value is 1.25. The van der Waals surface area contributed by atoms with Gasteiger partial charge in [-0.2, -0.15) is 0 Å². The van der Waals surface area contributed by atoms with Gasteiger partial charge in [-0.15, -0.1) is 0 Å². The second-order valence-electron chi connectivity index (χ2n) is 8.59. The van der Waals surface area contributed by atoms with Crippen LogP contribution in [0.15, 0.2) is 0 Å². The summed E-state index contributed by atoms with van der Waals surface area (Å²) in [6.45, 7) is 24.0. The van der Waals surface area contributed by atoms with E-state index in [1.54, 1.807) is 0 Å². The van der Waals surface area contributed by atoms with E-state index in [9.17, 15) is 0 Å². The molecule has 2 fully saturated rings. The Morgan fingerprint density at radius 1 is 0.227 bits per heavy atom. The maximum atomic E-state index is 2.40. The predicted molar refractivity (Wildman–Crippen MR) is 91.6 cm³/mol. The fourth-order valence-corrected chi connectivity index (χ4v) is 4.79. The van der Waals surface area contributed by atoms with E-state index in [2.05, 4.69) is 69.2 Å². The summed E-state index contributed by atoms with van der Waals surface area (Å²) in [5.74, 6) is 9.35. The van der Waals surface area contributed by atoms with Gasteiger partial charge in [-0.05, 0) is 59.2 Å². The van der Waals surface area contributed by atoms with Gasteiger partial charge in [-0.1, -0.05) is 69.2 Å². The summed E-state index contributed by atoms with van der Waals surface area (Å²) >= 11 is 0. The molecule has 2 aliphatic carbocycles. The zero-order valence-electron chi connectivity index (χ0n) is 17.2. The fraction of sp³-hybridized carbons (Fsp3) is 1.00. The molecular formula is C20H40Zn2. The minimum Gasteiger partial charge on any atom is -0.0620 e. The minimum atomic E-state index is 0. The van der Waals surface area contributed by atoms with E-state index in [0.717, 1.165) is 59.2 Å². The van der Waals surface area contributed by atoms with Crippen LogP contribution < -0.4 is 0 Å². The maximum absolute atomic E-state index is 2.40. The van der Waals surface area contributed by atoms with E-state index in [4.69, 9.17) is 0 Å². The van der Waals surface area contributed by atoms with Crippen molar-refractivity contribution in [1.82, 2.24) is 0 Å². The zero-order chi connectivity index (χ0) is 15.8. The van der Waals surface area contributed by atoms with Gasteiger partial charge < -0.3 is 0 Å². The van der Waals surface area contributed by atoms with Crippen LogP contribution in [-0.4, -0.2) is 0 Å². The summed E-state index contributed by atoms with van der Waals surface area (Å²) in [5.41, 5.74) is 0. The number of rotatable bonds is 0. The average Bonchev–Trinajstić information content (AvgIpc) is 2.71. The van der Waals surface area contributed by atoms with Crippen molar-refractivity contribution < 1.29 is 39.0 Å². The van der Waals surface area contributed by atoms with Gasteiger partial charge in [-0.25, -0.2) is 0 Å². The number of hydrogen-bond donors (Lipinski definition) is 0. The zero-order valence-corrected chi connectivity index (χ0v) is 23.1. The molecule has 2 aliphatic rings. The minimum absolute atomic E-state index is 0. The Labute approximate surface area is 166 Å². The molecule has 0 N–H and O–H groups in total. The van der Waals surface area contributed by atoms with Crippen molar-refractivity contribution in [3.63, 3.8) is 0 Å². The Morgan fingerprint density at radius 2 is 0.273 bits per heavy atom. The van der Waals surface area contributed by atoms with Gasteiger partial charge in [0.2, 0.25) is 0 Å². The summed E-state index contributed by atoms with van der Waals surface area (Å²) in [4.78, 5) is 0. The standard InChI is InChI=1S/2C10H20.2Zn/c2*1-6-7(2)9(4)10(5)8(6)3;;/h2*6-10H,1-5H3;;. The van der Waals surface area contributed by atoms with Crippen LogP contribution >= 0.6 is 0 Å². The maximum Gasteiger partial charge on any atom is 0 e. The molecule has 0 radical (unpaired) electrons. The number of hydrogen-bond acceptors (Lipinski definition) is 0. The van der Waals surface area contributed by atoms with Gasteiger partial charge in [0.1, 0.15) is 0 Å². The quantitative estimate of drug-likeness (QED) is 0.407. The van der Waals surface area contributed by atoms with Crippen LogP contribution in [0.3, 0.4) is 0 Å². The van der Waals surface area contributed by atoms with E-state index in [-0.39, 0.29) is 39.0 Å². The van der Waals surface area contributed by atoms with Gasteiger partial charge in [-0.3, -0.25) is 0 Å². The molecule has 2 saturated carbocycles. The molecule has 0 heterocycles. The van der Waals surface area contributed by atoms with Crippen LogP contribution in [0.1, 0.15) is 69.2 Å². The van der Waals surface area contributed by atoms with Gasteiger partial charge in [0.25, 0.3) is 0 Å². The molecule has 0 aromatic carbocycles. The second-order valence-corrected chi connectivity index (χ2v) is 8.59. The van der Waals surface area contributed by atoms with E-state index < -0.39 is 0 Å². The molecule has 0 spiro atoms. The molecular weight excluding hydrogens is 371 g/mol. The van der Waals surface area contributed by atoms with Gasteiger partial charge in [0.05, 0.1) is 0 Å². The molecule has 0 aromatic heterocycles. The first kappa shape index (κ1) is 25.5. The van der Waals surface area contributed by atoms with E-state index in [1.165, 1.54) is 0 Å². The Morgan fingerprint density at radius 3 is 0.318 bits per heavy atom. The first-order valence-electron chi connectivity index (χ1n) is 9.11. The average molecular weight is 411 g/mol. The van der Waals surface area contributed by atoms with Crippen molar-refractivity contribution >= 4 is 0 Å². The first-order valence-corrected chi connectivity index (χ1v) is 9.11. The van der Waals surface area contributed by atoms with Crippen molar-refractivity contribution in [1.29, 1.82) is 0 Å². The molecule has 2 rings (SSSR count). The Kier molecular flexibility index (Phi) is 11.9. The van der Waals surface area contributed by atoms with Crippen LogP contribution in [0.5, 0.6) is 0 Å². The summed E-state index contributed by atoms with van der Waals surface area (Å²) in [6.07, 6.45) is 0. The van der Waals surface area contributed by atoms with Gasteiger partial charge >= 0.3 is 0 Å². The summed E-state index contributed by atoms with van der Waals surface area (Å²) < 4.78 is 0. The van der Waals surface area contributed by atoms with Crippen LogP contribution in [0.4, 0.5) is 0 Å².